The van der Waals surface area contributed by atoms with Gasteiger partial charge in [-0.25, -0.2) is 0 Å². The quantitative estimate of drug-likeness (QED) is 0.801. The van der Waals surface area contributed by atoms with Gasteiger partial charge in [-0.1, -0.05) is 13.3 Å². The lowest BCUT2D eigenvalue weighted by molar-refractivity contribution is -0.142. The number of ether oxygens (including phenoxy) is 2. The molecule has 0 fully saturated rings. The van der Waals surface area contributed by atoms with Crippen LogP contribution in [0.15, 0.2) is 18.2 Å². The summed E-state index contributed by atoms with van der Waals surface area (Å²) in [6.45, 7) is 2.39. The second kappa shape index (κ2) is 7.85. The van der Waals surface area contributed by atoms with Gasteiger partial charge in [0.1, 0.15) is 18.1 Å². The molecule has 0 aliphatic carbocycles. The highest BCUT2D eigenvalue weighted by Crippen LogP contribution is 2.30. The molecule has 1 amide bonds. The maximum atomic E-state index is 12.3. The number of hydrogen-bond acceptors (Lipinski definition) is 4. The van der Waals surface area contributed by atoms with E-state index in [2.05, 4.69) is 5.32 Å². The maximum absolute atomic E-state index is 12.3. The van der Waals surface area contributed by atoms with Crippen molar-refractivity contribution in [3.8, 4) is 11.5 Å². The Bertz CT molecular complexity index is 572. The molecule has 6 heteroatoms. The largest absolute Gasteiger partial charge is 0.497 e. The number of fused-ring (bicyclic) bond motifs is 1. The number of carboxylic acids is 1. The molecule has 0 radical (unpaired) electrons. The topological polar surface area (TPSA) is 84.9 Å². The number of amides is 1. The molecule has 1 aromatic carbocycles. The number of aliphatic carboxylic acids is 1. The van der Waals surface area contributed by atoms with Crippen LogP contribution in [0, 0.1) is 11.8 Å². The number of rotatable bonds is 7. The van der Waals surface area contributed by atoms with Gasteiger partial charge in [-0.05, 0) is 36.6 Å². The Morgan fingerprint density at radius 3 is 2.91 bits per heavy atom. The van der Waals surface area contributed by atoms with Crippen molar-refractivity contribution in [1.82, 2.24) is 5.32 Å². The third kappa shape index (κ3) is 4.37. The van der Waals surface area contributed by atoms with E-state index in [-0.39, 0.29) is 18.4 Å². The first-order valence-electron chi connectivity index (χ1n) is 7.85. The standard InChI is InChI=1S/C17H23NO5/c1-3-4-11(17(20)21)9-18-16(19)13-7-12-8-14(22-2)5-6-15(12)23-10-13/h5-6,8,11,13H,3-4,7,9-10H2,1-2H3,(H,18,19)(H,20,21). The number of carboxylic acid groups (broad SMARTS) is 1. The van der Waals surface area contributed by atoms with Crippen molar-refractivity contribution in [2.75, 3.05) is 20.3 Å². The summed E-state index contributed by atoms with van der Waals surface area (Å²) in [4.78, 5) is 23.4. The summed E-state index contributed by atoms with van der Waals surface area (Å²) in [5.74, 6) is -0.402. The third-order valence-electron chi connectivity index (χ3n) is 4.05. The number of nitrogens with one attached hydrogen (secondary N) is 1. The Morgan fingerprint density at radius 1 is 1.48 bits per heavy atom. The van der Waals surface area contributed by atoms with Crippen LogP contribution in [0.25, 0.3) is 0 Å². The average Bonchev–Trinajstić information content (AvgIpc) is 2.56. The number of carbonyl (C=O) groups is 2. The van der Waals surface area contributed by atoms with Crippen molar-refractivity contribution in [3.05, 3.63) is 23.8 Å². The second-order valence-corrected chi connectivity index (χ2v) is 5.75. The molecular weight excluding hydrogens is 298 g/mol. The van der Waals surface area contributed by atoms with Crippen LogP contribution >= 0.6 is 0 Å². The fraction of sp³-hybridized carbons (Fsp3) is 0.529. The molecule has 1 aliphatic heterocycles. The zero-order valence-electron chi connectivity index (χ0n) is 13.5. The van der Waals surface area contributed by atoms with Gasteiger partial charge in [0.15, 0.2) is 0 Å². The summed E-state index contributed by atoms with van der Waals surface area (Å²) < 4.78 is 10.8. The van der Waals surface area contributed by atoms with E-state index in [0.717, 1.165) is 23.5 Å². The first-order valence-corrected chi connectivity index (χ1v) is 7.85. The van der Waals surface area contributed by atoms with E-state index in [9.17, 15) is 9.59 Å². The third-order valence-corrected chi connectivity index (χ3v) is 4.05. The molecule has 2 atom stereocenters. The van der Waals surface area contributed by atoms with Crippen LogP contribution in [0.4, 0.5) is 0 Å². The second-order valence-electron chi connectivity index (χ2n) is 5.75. The minimum atomic E-state index is -0.873. The van der Waals surface area contributed by atoms with Gasteiger partial charge in [-0.15, -0.1) is 0 Å². The first kappa shape index (κ1) is 17.1. The highest BCUT2D eigenvalue weighted by atomic mass is 16.5. The molecule has 1 aromatic rings. The van der Waals surface area contributed by atoms with Crippen LogP contribution in [0.2, 0.25) is 0 Å². The van der Waals surface area contributed by atoms with Gasteiger partial charge in [0.05, 0.1) is 18.9 Å². The lowest BCUT2D eigenvalue weighted by Gasteiger charge is -2.25. The molecule has 0 spiro atoms. The summed E-state index contributed by atoms with van der Waals surface area (Å²) in [5.41, 5.74) is 0.930. The van der Waals surface area contributed by atoms with Gasteiger partial charge in [0.2, 0.25) is 5.91 Å². The lowest BCUT2D eigenvalue weighted by Crippen LogP contribution is -2.40. The van der Waals surface area contributed by atoms with Crippen LogP contribution in [-0.2, 0) is 16.0 Å². The van der Waals surface area contributed by atoms with Gasteiger partial charge in [0.25, 0.3) is 0 Å². The van der Waals surface area contributed by atoms with Crippen LogP contribution in [0.5, 0.6) is 11.5 Å². The number of methoxy groups -OCH3 is 1. The molecule has 126 valence electrons. The van der Waals surface area contributed by atoms with E-state index in [1.165, 1.54) is 0 Å². The molecule has 1 aliphatic rings. The summed E-state index contributed by atoms with van der Waals surface area (Å²) >= 11 is 0. The zero-order chi connectivity index (χ0) is 16.8. The molecule has 23 heavy (non-hydrogen) atoms. The summed E-state index contributed by atoms with van der Waals surface area (Å²) in [6, 6.07) is 5.53. The van der Waals surface area contributed by atoms with Crippen molar-refractivity contribution >= 4 is 11.9 Å². The summed E-state index contributed by atoms with van der Waals surface area (Å²) in [7, 11) is 1.59. The first-order chi connectivity index (χ1) is 11.0. The number of carbonyl (C=O) groups excluding carboxylic acids is 1. The molecular formula is C17H23NO5. The minimum absolute atomic E-state index is 0.156. The van der Waals surface area contributed by atoms with Crippen molar-refractivity contribution < 1.29 is 24.2 Å². The lowest BCUT2D eigenvalue weighted by atomic mass is 9.95. The Kier molecular flexibility index (Phi) is 5.84. The molecule has 0 saturated carbocycles. The van der Waals surface area contributed by atoms with E-state index in [1.54, 1.807) is 7.11 Å². The predicted octanol–water partition coefficient (Wildman–Crippen LogP) is 1.86. The Morgan fingerprint density at radius 2 is 2.26 bits per heavy atom. The van der Waals surface area contributed by atoms with Crippen molar-refractivity contribution in [3.63, 3.8) is 0 Å². The van der Waals surface area contributed by atoms with Gasteiger partial charge in [-0.3, -0.25) is 9.59 Å². The zero-order valence-corrected chi connectivity index (χ0v) is 13.5. The van der Waals surface area contributed by atoms with Crippen molar-refractivity contribution in [2.45, 2.75) is 26.2 Å². The normalized spacial score (nSPS) is 17.6. The number of benzene rings is 1. The maximum Gasteiger partial charge on any atom is 0.308 e. The van der Waals surface area contributed by atoms with Gasteiger partial charge < -0.3 is 19.9 Å². The average molecular weight is 321 g/mol. The Hall–Kier alpha value is -2.24. The van der Waals surface area contributed by atoms with Gasteiger partial charge in [-0.2, -0.15) is 0 Å². The molecule has 2 unspecified atom stereocenters. The van der Waals surface area contributed by atoms with E-state index < -0.39 is 11.9 Å². The SMILES string of the molecule is CCCC(CNC(=O)C1COc2ccc(OC)cc2C1)C(=O)O. The smallest absolute Gasteiger partial charge is 0.308 e. The van der Waals surface area contributed by atoms with Gasteiger partial charge in [0, 0.05) is 6.54 Å². The van der Waals surface area contributed by atoms with Gasteiger partial charge >= 0.3 is 5.97 Å². The molecule has 0 saturated heterocycles. The van der Waals surface area contributed by atoms with Crippen LogP contribution in [-0.4, -0.2) is 37.2 Å². The van der Waals surface area contributed by atoms with Crippen molar-refractivity contribution in [1.29, 1.82) is 0 Å². The monoisotopic (exact) mass is 321 g/mol. The van der Waals surface area contributed by atoms with E-state index in [1.807, 2.05) is 25.1 Å². The Labute approximate surface area is 135 Å². The highest BCUT2D eigenvalue weighted by molar-refractivity contribution is 5.80. The van der Waals surface area contributed by atoms with E-state index in [4.69, 9.17) is 14.6 Å². The molecule has 2 N–H and O–H groups in total. The van der Waals surface area contributed by atoms with Crippen LogP contribution in [0.3, 0.4) is 0 Å². The summed E-state index contributed by atoms with van der Waals surface area (Å²) in [6.07, 6.45) is 1.88. The molecule has 0 aromatic heterocycles. The summed E-state index contributed by atoms with van der Waals surface area (Å²) in [5, 5.41) is 11.9. The molecule has 1 heterocycles. The minimum Gasteiger partial charge on any atom is -0.497 e. The van der Waals surface area contributed by atoms with Crippen molar-refractivity contribution in [2.24, 2.45) is 11.8 Å². The predicted molar refractivity (Wildman–Crippen MR) is 84.7 cm³/mol. The Balaban J connectivity index is 1.94. The van der Waals surface area contributed by atoms with Crippen LogP contribution < -0.4 is 14.8 Å². The molecule has 0 bridgehead atoms. The fourth-order valence-corrected chi connectivity index (χ4v) is 2.70. The highest BCUT2D eigenvalue weighted by Gasteiger charge is 2.27. The number of hydrogen-bond donors (Lipinski definition) is 2. The molecule has 2 rings (SSSR count). The van der Waals surface area contributed by atoms with E-state index >= 15 is 0 Å². The van der Waals surface area contributed by atoms with E-state index in [0.29, 0.717) is 19.4 Å². The van der Waals surface area contributed by atoms with Crippen LogP contribution in [0.1, 0.15) is 25.3 Å². The fourth-order valence-electron chi connectivity index (χ4n) is 2.70. The molecule has 6 nitrogen and oxygen atoms in total.